The van der Waals surface area contributed by atoms with Gasteiger partial charge in [0.2, 0.25) is 0 Å². The van der Waals surface area contributed by atoms with E-state index >= 15 is 0 Å². The Bertz CT molecular complexity index is 1000. The van der Waals surface area contributed by atoms with Crippen molar-refractivity contribution in [3.05, 3.63) is 82.3 Å². The van der Waals surface area contributed by atoms with E-state index in [0.29, 0.717) is 24.4 Å². The Hall–Kier alpha value is -3.61. The van der Waals surface area contributed by atoms with Gasteiger partial charge in [-0.3, -0.25) is 9.59 Å². The second-order valence-corrected chi connectivity index (χ2v) is 5.79. The van der Waals surface area contributed by atoms with Gasteiger partial charge in [0.1, 0.15) is 11.4 Å². The third kappa shape index (κ3) is 4.14. The van der Waals surface area contributed by atoms with Gasteiger partial charge in [0.15, 0.2) is 11.4 Å². The summed E-state index contributed by atoms with van der Waals surface area (Å²) in [5.41, 5.74) is 0.656. The summed E-state index contributed by atoms with van der Waals surface area (Å²) in [5, 5.41) is 16.8. The normalized spacial score (nSPS) is 10.4. The lowest BCUT2D eigenvalue weighted by molar-refractivity contribution is 0.0944. The number of nitrogens with zero attached hydrogens (tertiary/aromatic N) is 2. The number of benzene rings is 2. The van der Waals surface area contributed by atoms with E-state index in [1.165, 1.54) is 7.11 Å². The van der Waals surface area contributed by atoms with Crippen LogP contribution in [-0.4, -0.2) is 34.4 Å². The van der Waals surface area contributed by atoms with E-state index in [9.17, 15) is 14.7 Å². The van der Waals surface area contributed by atoms with Crippen LogP contribution in [0.1, 0.15) is 16.1 Å². The molecule has 2 N–H and O–H groups in total. The molecule has 3 aromatic rings. The van der Waals surface area contributed by atoms with Crippen molar-refractivity contribution >= 4 is 5.91 Å². The van der Waals surface area contributed by atoms with Crippen molar-refractivity contribution in [1.29, 1.82) is 0 Å². The second-order valence-electron chi connectivity index (χ2n) is 5.79. The second kappa shape index (κ2) is 8.18. The predicted molar refractivity (Wildman–Crippen MR) is 101 cm³/mol. The smallest absolute Gasteiger partial charge is 0.275 e. The molecule has 1 heterocycles. The zero-order chi connectivity index (χ0) is 19.2. The maximum Gasteiger partial charge on any atom is 0.275 e. The molecule has 3 rings (SSSR count). The fourth-order valence-corrected chi connectivity index (χ4v) is 2.63. The summed E-state index contributed by atoms with van der Waals surface area (Å²) in [5.74, 6) is -0.608. The van der Waals surface area contributed by atoms with Crippen LogP contribution in [-0.2, 0) is 6.42 Å². The van der Waals surface area contributed by atoms with Gasteiger partial charge >= 0.3 is 0 Å². The first kappa shape index (κ1) is 18.2. The Labute approximate surface area is 155 Å². The van der Waals surface area contributed by atoms with E-state index in [4.69, 9.17) is 4.74 Å². The quantitative estimate of drug-likeness (QED) is 0.696. The number of hydrogen-bond acceptors (Lipinski definition) is 5. The van der Waals surface area contributed by atoms with Crippen molar-refractivity contribution in [3.8, 4) is 17.2 Å². The minimum atomic E-state index is -0.571. The monoisotopic (exact) mass is 365 g/mol. The highest BCUT2D eigenvalue weighted by atomic mass is 16.5. The SMILES string of the molecule is COc1ccccc1-n1nc(C(=O)NCCc2ccccc2)c(O)cc1=O. The largest absolute Gasteiger partial charge is 0.505 e. The molecule has 0 aliphatic heterocycles. The number of para-hydroxylation sites is 2. The highest BCUT2D eigenvalue weighted by Gasteiger charge is 2.18. The molecule has 7 heteroatoms. The summed E-state index contributed by atoms with van der Waals surface area (Å²) >= 11 is 0. The number of methoxy groups -OCH3 is 1. The fraction of sp³-hybridized carbons (Fsp3) is 0.150. The van der Waals surface area contributed by atoms with Crippen LogP contribution in [0.15, 0.2) is 65.5 Å². The highest BCUT2D eigenvalue weighted by molar-refractivity contribution is 5.94. The lowest BCUT2D eigenvalue weighted by Gasteiger charge is -2.12. The number of aromatic nitrogens is 2. The van der Waals surface area contributed by atoms with Crippen molar-refractivity contribution in [2.75, 3.05) is 13.7 Å². The predicted octanol–water partition coefficient (Wildman–Crippen LogP) is 1.92. The van der Waals surface area contributed by atoms with Crippen LogP contribution in [0.2, 0.25) is 0 Å². The van der Waals surface area contributed by atoms with E-state index in [1.54, 1.807) is 24.3 Å². The highest BCUT2D eigenvalue weighted by Crippen LogP contribution is 2.21. The molecule has 1 aromatic heterocycles. The Kier molecular flexibility index (Phi) is 5.51. The van der Waals surface area contributed by atoms with Crippen LogP contribution in [0, 0.1) is 0 Å². The molecule has 2 aromatic carbocycles. The summed E-state index contributed by atoms with van der Waals surface area (Å²) in [7, 11) is 1.47. The zero-order valence-electron chi connectivity index (χ0n) is 14.8. The first-order valence-electron chi connectivity index (χ1n) is 8.39. The van der Waals surface area contributed by atoms with Gasteiger partial charge in [-0.25, -0.2) is 0 Å². The van der Waals surface area contributed by atoms with Crippen LogP contribution in [0.25, 0.3) is 5.69 Å². The molecule has 0 aliphatic rings. The fourth-order valence-electron chi connectivity index (χ4n) is 2.63. The summed E-state index contributed by atoms with van der Waals surface area (Å²) in [6.07, 6.45) is 0.638. The summed E-state index contributed by atoms with van der Waals surface area (Å²) < 4.78 is 6.27. The number of hydrogen-bond donors (Lipinski definition) is 2. The topological polar surface area (TPSA) is 93.5 Å². The number of ether oxygens (including phenoxy) is 1. The first-order chi connectivity index (χ1) is 13.1. The van der Waals surface area contributed by atoms with Crippen molar-refractivity contribution in [3.63, 3.8) is 0 Å². The van der Waals surface area contributed by atoms with Crippen molar-refractivity contribution in [2.24, 2.45) is 0 Å². The molecule has 0 saturated carbocycles. The van der Waals surface area contributed by atoms with Crippen LogP contribution < -0.4 is 15.6 Å². The minimum absolute atomic E-state index is 0.228. The lowest BCUT2D eigenvalue weighted by atomic mass is 10.1. The Morgan fingerprint density at radius 3 is 2.59 bits per heavy atom. The molecule has 0 atom stereocenters. The van der Waals surface area contributed by atoms with Crippen molar-refractivity contribution < 1.29 is 14.6 Å². The lowest BCUT2D eigenvalue weighted by Crippen LogP contribution is -2.30. The molecule has 7 nitrogen and oxygen atoms in total. The van der Waals surface area contributed by atoms with Crippen molar-refractivity contribution in [1.82, 2.24) is 15.1 Å². The van der Waals surface area contributed by atoms with Gasteiger partial charge in [-0.15, -0.1) is 0 Å². The van der Waals surface area contributed by atoms with Crippen LogP contribution in [0.5, 0.6) is 11.5 Å². The Morgan fingerprint density at radius 1 is 1.15 bits per heavy atom. The molecule has 138 valence electrons. The zero-order valence-corrected chi connectivity index (χ0v) is 14.8. The molecule has 1 amide bonds. The molecular formula is C20H19N3O4. The van der Waals surface area contributed by atoms with E-state index in [-0.39, 0.29) is 5.69 Å². The maximum absolute atomic E-state index is 12.4. The van der Waals surface area contributed by atoms with Gasteiger partial charge in [-0.2, -0.15) is 9.78 Å². The van der Waals surface area contributed by atoms with Gasteiger partial charge in [0.25, 0.3) is 11.5 Å². The van der Waals surface area contributed by atoms with E-state index < -0.39 is 17.2 Å². The van der Waals surface area contributed by atoms with Gasteiger partial charge in [0.05, 0.1) is 7.11 Å². The summed E-state index contributed by atoms with van der Waals surface area (Å²) in [4.78, 5) is 24.7. The molecule has 0 saturated heterocycles. The number of aromatic hydroxyl groups is 1. The average Bonchev–Trinajstić information content (AvgIpc) is 2.69. The molecule has 0 radical (unpaired) electrons. The van der Waals surface area contributed by atoms with Gasteiger partial charge in [-0.1, -0.05) is 42.5 Å². The molecular weight excluding hydrogens is 346 g/mol. The number of carbonyl (C=O) groups excluding carboxylic acids is 1. The van der Waals surface area contributed by atoms with Gasteiger partial charge in [0, 0.05) is 12.6 Å². The molecule has 0 unspecified atom stereocenters. The molecule has 0 aliphatic carbocycles. The minimum Gasteiger partial charge on any atom is -0.505 e. The Balaban J connectivity index is 1.83. The van der Waals surface area contributed by atoms with Crippen LogP contribution in [0.3, 0.4) is 0 Å². The summed E-state index contributed by atoms with van der Waals surface area (Å²) in [6, 6.07) is 17.5. The number of nitrogens with one attached hydrogen (secondary N) is 1. The molecule has 0 fully saturated rings. The molecule has 0 spiro atoms. The molecule has 27 heavy (non-hydrogen) atoms. The van der Waals surface area contributed by atoms with Crippen molar-refractivity contribution in [2.45, 2.75) is 6.42 Å². The third-order valence-electron chi connectivity index (χ3n) is 3.98. The number of carbonyl (C=O) groups is 1. The van der Waals surface area contributed by atoms with Crippen LogP contribution >= 0.6 is 0 Å². The van der Waals surface area contributed by atoms with E-state index in [2.05, 4.69) is 10.4 Å². The average molecular weight is 365 g/mol. The first-order valence-corrected chi connectivity index (χ1v) is 8.39. The standard InChI is InChI=1S/C20H19N3O4/c1-27-17-10-6-5-9-15(17)23-18(25)13-16(24)19(22-23)20(26)21-12-11-14-7-3-2-4-8-14/h2-10,13,24H,11-12H2,1H3,(H,21,26). The maximum atomic E-state index is 12.4. The number of amides is 1. The van der Waals surface area contributed by atoms with E-state index in [1.807, 2.05) is 30.3 Å². The van der Waals surface area contributed by atoms with Crippen LogP contribution in [0.4, 0.5) is 0 Å². The molecule has 0 bridgehead atoms. The number of rotatable bonds is 6. The van der Waals surface area contributed by atoms with Gasteiger partial charge in [-0.05, 0) is 24.1 Å². The summed E-state index contributed by atoms with van der Waals surface area (Å²) in [6.45, 7) is 0.373. The van der Waals surface area contributed by atoms with E-state index in [0.717, 1.165) is 16.3 Å². The van der Waals surface area contributed by atoms with Gasteiger partial charge < -0.3 is 15.2 Å². The third-order valence-corrected chi connectivity index (χ3v) is 3.98. The Morgan fingerprint density at radius 2 is 1.85 bits per heavy atom.